The van der Waals surface area contributed by atoms with Crippen molar-refractivity contribution in [3.05, 3.63) is 71.8 Å². The first kappa shape index (κ1) is 18.2. The fraction of sp³-hybridized carbons (Fsp3) is 0.143. The van der Waals surface area contributed by atoms with E-state index in [2.05, 4.69) is 0 Å². The molecule has 2 rings (SSSR count). The van der Waals surface area contributed by atoms with Crippen LogP contribution in [0.1, 0.15) is 17.5 Å². The van der Waals surface area contributed by atoms with Gasteiger partial charge in [0.1, 0.15) is 11.5 Å². The summed E-state index contributed by atoms with van der Waals surface area (Å²) < 4.78 is 10.4. The van der Waals surface area contributed by atoms with Gasteiger partial charge >= 0.3 is 0 Å². The molecular weight excluding hydrogens is 316 g/mol. The van der Waals surface area contributed by atoms with E-state index in [-0.39, 0.29) is 18.0 Å². The number of carbonyl (C=O) groups excluding carboxylic acids is 2. The Morgan fingerprint density at radius 2 is 1.16 bits per heavy atom. The van der Waals surface area contributed by atoms with Crippen LogP contribution in [0.4, 0.5) is 0 Å². The van der Waals surface area contributed by atoms with Gasteiger partial charge in [0.2, 0.25) is 0 Å². The quantitative estimate of drug-likeness (QED) is 0.541. The molecule has 0 aliphatic carbocycles. The van der Waals surface area contributed by atoms with Gasteiger partial charge in [-0.15, -0.1) is 0 Å². The molecule has 0 atom stereocenters. The zero-order valence-corrected chi connectivity index (χ0v) is 14.3. The standard InChI is InChI=1S/C21H20O4/c1-24-20-9-5-3-7-16(20)11-13-18(22)15-19(23)14-12-17-8-4-6-10-21(17)25-2/h3-14H,15H2,1-2H3/b13-11+,14-12+. The summed E-state index contributed by atoms with van der Waals surface area (Å²) in [7, 11) is 3.14. The highest BCUT2D eigenvalue weighted by atomic mass is 16.5. The predicted octanol–water partition coefficient (Wildman–Crippen LogP) is 3.96. The van der Waals surface area contributed by atoms with Crippen molar-refractivity contribution in [2.75, 3.05) is 14.2 Å². The van der Waals surface area contributed by atoms with Crippen LogP contribution in [0.5, 0.6) is 11.5 Å². The van der Waals surface area contributed by atoms with Gasteiger partial charge in [-0.2, -0.15) is 0 Å². The van der Waals surface area contributed by atoms with Crippen LogP contribution < -0.4 is 9.47 Å². The van der Waals surface area contributed by atoms with Gasteiger partial charge in [-0.25, -0.2) is 0 Å². The molecule has 2 aromatic carbocycles. The van der Waals surface area contributed by atoms with Crippen LogP contribution in [0.2, 0.25) is 0 Å². The number of para-hydroxylation sites is 2. The van der Waals surface area contributed by atoms with Gasteiger partial charge in [-0.3, -0.25) is 9.59 Å². The number of carbonyl (C=O) groups is 2. The summed E-state index contributed by atoms with van der Waals surface area (Å²) in [6.07, 6.45) is 5.91. The Labute approximate surface area is 147 Å². The van der Waals surface area contributed by atoms with E-state index in [0.29, 0.717) is 11.5 Å². The summed E-state index contributed by atoms with van der Waals surface area (Å²) >= 11 is 0. The molecule has 0 aromatic heterocycles. The molecule has 0 spiro atoms. The van der Waals surface area contributed by atoms with Gasteiger partial charge in [0.25, 0.3) is 0 Å². The van der Waals surface area contributed by atoms with Crippen molar-refractivity contribution < 1.29 is 19.1 Å². The van der Waals surface area contributed by atoms with Gasteiger partial charge in [0.05, 0.1) is 20.6 Å². The van der Waals surface area contributed by atoms with Gasteiger partial charge in [-0.05, 0) is 36.4 Å². The first-order chi connectivity index (χ1) is 12.1. The zero-order valence-electron chi connectivity index (χ0n) is 14.3. The van der Waals surface area contributed by atoms with Crippen molar-refractivity contribution in [1.29, 1.82) is 0 Å². The van der Waals surface area contributed by atoms with Crippen LogP contribution in [0.15, 0.2) is 60.7 Å². The highest BCUT2D eigenvalue weighted by Crippen LogP contribution is 2.19. The lowest BCUT2D eigenvalue weighted by Gasteiger charge is -2.03. The fourth-order valence-electron chi connectivity index (χ4n) is 2.26. The number of hydrogen-bond donors (Lipinski definition) is 0. The fourth-order valence-corrected chi connectivity index (χ4v) is 2.26. The minimum atomic E-state index is -0.263. The minimum Gasteiger partial charge on any atom is -0.496 e. The molecule has 4 nitrogen and oxygen atoms in total. The third-order valence-corrected chi connectivity index (χ3v) is 3.52. The van der Waals surface area contributed by atoms with Crippen molar-refractivity contribution in [2.45, 2.75) is 6.42 Å². The average molecular weight is 336 g/mol. The molecule has 25 heavy (non-hydrogen) atoms. The number of hydrogen-bond acceptors (Lipinski definition) is 4. The largest absolute Gasteiger partial charge is 0.496 e. The predicted molar refractivity (Wildman–Crippen MR) is 98.7 cm³/mol. The Morgan fingerprint density at radius 1 is 0.760 bits per heavy atom. The monoisotopic (exact) mass is 336 g/mol. The Kier molecular flexibility index (Phi) is 6.72. The van der Waals surface area contributed by atoms with Gasteiger partial charge < -0.3 is 9.47 Å². The van der Waals surface area contributed by atoms with Gasteiger partial charge in [-0.1, -0.05) is 36.4 Å². The number of rotatable bonds is 8. The minimum absolute atomic E-state index is 0.183. The lowest BCUT2D eigenvalue weighted by molar-refractivity contribution is -0.121. The van der Waals surface area contributed by atoms with E-state index < -0.39 is 0 Å². The molecule has 0 saturated heterocycles. The summed E-state index contributed by atoms with van der Waals surface area (Å²) in [6.45, 7) is 0. The van der Waals surface area contributed by atoms with Crippen molar-refractivity contribution >= 4 is 23.7 Å². The first-order valence-electron chi connectivity index (χ1n) is 7.82. The normalized spacial score (nSPS) is 11.0. The lowest BCUT2D eigenvalue weighted by Crippen LogP contribution is -2.02. The summed E-state index contributed by atoms with van der Waals surface area (Å²) in [5.41, 5.74) is 1.57. The molecule has 0 amide bonds. The molecule has 0 bridgehead atoms. The number of ketones is 2. The Balaban J connectivity index is 1.97. The summed E-state index contributed by atoms with van der Waals surface area (Å²) in [5, 5.41) is 0. The van der Waals surface area contributed by atoms with Crippen LogP contribution in [-0.2, 0) is 9.59 Å². The van der Waals surface area contributed by atoms with Crippen LogP contribution in [0.25, 0.3) is 12.2 Å². The highest BCUT2D eigenvalue weighted by Gasteiger charge is 2.05. The summed E-state index contributed by atoms with van der Waals surface area (Å²) in [4.78, 5) is 23.9. The van der Waals surface area contributed by atoms with Crippen molar-refractivity contribution in [2.24, 2.45) is 0 Å². The third kappa shape index (κ3) is 5.46. The number of ether oxygens (including phenoxy) is 2. The first-order valence-corrected chi connectivity index (χ1v) is 7.82. The second kappa shape index (κ2) is 9.23. The Morgan fingerprint density at radius 3 is 1.56 bits per heavy atom. The molecule has 0 aliphatic heterocycles. The molecule has 0 aliphatic rings. The summed E-state index contributed by atoms with van der Waals surface area (Å²) in [5.74, 6) is 0.823. The molecular formula is C21H20O4. The molecule has 0 heterocycles. The molecule has 0 saturated carbocycles. The number of benzene rings is 2. The smallest absolute Gasteiger partial charge is 0.163 e. The van der Waals surface area contributed by atoms with Crippen molar-refractivity contribution in [3.63, 3.8) is 0 Å². The van der Waals surface area contributed by atoms with E-state index in [1.165, 1.54) is 12.2 Å². The van der Waals surface area contributed by atoms with E-state index in [0.717, 1.165) is 11.1 Å². The van der Waals surface area contributed by atoms with Gasteiger partial charge in [0, 0.05) is 11.1 Å². The number of allylic oxidation sites excluding steroid dienone is 2. The van der Waals surface area contributed by atoms with Crippen LogP contribution in [0.3, 0.4) is 0 Å². The molecule has 128 valence electrons. The highest BCUT2D eigenvalue weighted by molar-refractivity contribution is 6.11. The SMILES string of the molecule is COc1ccccc1/C=C/C(=O)CC(=O)/C=C/c1ccccc1OC. The van der Waals surface area contributed by atoms with E-state index in [1.54, 1.807) is 26.4 Å². The van der Waals surface area contributed by atoms with Crippen LogP contribution in [0, 0.1) is 0 Å². The Bertz CT molecular complexity index is 736. The maximum Gasteiger partial charge on any atom is 0.163 e. The molecule has 0 fully saturated rings. The van der Waals surface area contributed by atoms with E-state index in [4.69, 9.17) is 9.47 Å². The lowest BCUT2D eigenvalue weighted by atomic mass is 10.1. The molecule has 4 heteroatoms. The number of methoxy groups -OCH3 is 2. The van der Waals surface area contributed by atoms with E-state index in [9.17, 15) is 9.59 Å². The van der Waals surface area contributed by atoms with E-state index >= 15 is 0 Å². The topological polar surface area (TPSA) is 52.6 Å². The third-order valence-electron chi connectivity index (χ3n) is 3.52. The second-order valence-corrected chi connectivity index (χ2v) is 5.26. The Hall–Kier alpha value is -3.14. The van der Waals surface area contributed by atoms with Crippen LogP contribution >= 0.6 is 0 Å². The average Bonchev–Trinajstić information content (AvgIpc) is 2.65. The van der Waals surface area contributed by atoms with Crippen molar-refractivity contribution in [3.8, 4) is 11.5 Å². The van der Waals surface area contributed by atoms with Gasteiger partial charge in [0.15, 0.2) is 11.6 Å². The van der Waals surface area contributed by atoms with Crippen molar-refractivity contribution in [1.82, 2.24) is 0 Å². The summed E-state index contributed by atoms with van der Waals surface area (Å²) in [6, 6.07) is 14.7. The molecule has 2 aromatic rings. The maximum absolute atomic E-state index is 12.0. The maximum atomic E-state index is 12.0. The van der Waals surface area contributed by atoms with E-state index in [1.807, 2.05) is 48.5 Å². The molecule has 0 radical (unpaired) electrons. The molecule has 0 unspecified atom stereocenters. The van der Waals surface area contributed by atoms with Crippen LogP contribution in [-0.4, -0.2) is 25.8 Å². The zero-order chi connectivity index (χ0) is 18.1. The second-order valence-electron chi connectivity index (χ2n) is 5.26. The molecule has 0 N–H and O–H groups in total.